The second kappa shape index (κ2) is 9.06. The van der Waals surface area contributed by atoms with Gasteiger partial charge in [-0.15, -0.1) is 0 Å². The van der Waals surface area contributed by atoms with E-state index in [9.17, 15) is 4.79 Å². The molecule has 0 saturated heterocycles. The largest absolute Gasteiger partial charge is 0.334 e. The standard InChI is InChI=1S/C22H25BrN4O/c1-15(19-11-7-8-12-21(19)23)25-22(28)24-13-20-16(2)26-27(17(20)3)14-18-9-5-4-6-10-18/h4-12,15H,13-14H2,1-3H3,(H2,24,25,28)/t15-/m1/s1. The number of amides is 2. The molecule has 146 valence electrons. The van der Waals surface area contributed by atoms with Gasteiger partial charge < -0.3 is 10.6 Å². The summed E-state index contributed by atoms with van der Waals surface area (Å²) < 4.78 is 2.97. The van der Waals surface area contributed by atoms with Gasteiger partial charge in [0.1, 0.15) is 0 Å². The number of carbonyl (C=O) groups excluding carboxylic acids is 1. The number of hydrogen-bond acceptors (Lipinski definition) is 2. The minimum absolute atomic E-state index is 0.0985. The SMILES string of the molecule is Cc1nn(Cc2ccccc2)c(C)c1CNC(=O)N[C@H](C)c1ccccc1Br. The molecular weight excluding hydrogens is 416 g/mol. The molecule has 0 spiro atoms. The summed E-state index contributed by atoms with van der Waals surface area (Å²) in [6.07, 6.45) is 0. The maximum Gasteiger partial charge on any atom is 0.315 e. The van der Waals surface area contributed by atoms with E-state index in [0.29, 0.717) is 6.54 Å². The Morgan fingerprint density at radius 1 is 1.11 bits per heavy atom. The molecule has 3 aromatic rings. The zero-order chi connectivity index (χ0) is 20.1. The molecule has 2 N–H and O–H groups in total. The fourth-order valence-electron chi connectivity index (χ4n) is 3.22. The quantitative estimate of drug-likeness (QED) is 0.574. The molecule has 0 unspecified atom stereocenters. The first-order valence-corrected chi connectivity index (χ1v) is 10.1. The van der Waals surface area contributed by atoms with Gasteiger partial charge in [-0.25, -0.2) is 4.79 Å². The number of hydrogen-bond donors (Lipinski definition) is 2. The lowest BCUT2D eigenvalue weighted by Crippen LogP contribution is -2.36. The van der Waals surface area contributed by atoms with Crippen LogP contribution in [0.5, 0.6) is 0 Å². The van der Waals surface area contributed by atoms with Crippen molar-refractivity contribution in [1.29, 1.82) is 0 Å². The third-order valence-electron chi connectivity index (χ3n) is 4.85. The number of aromatic nitrogens is 2. The van der Waals surface area contributed by atoms with E-state index in [-0.39, 0.29) is 12.1 Å². The number of carbonyl (C=O) groups is 1. The highest BCUT2D eigenvalue weighted by Gasteiger charge is 2.15. The van der Waals surface area contributed by atoms with Crippen LogP contribution in [-0.2, 0) is 13.1 Å². The van der Waals surface area contributed by atoms with E-state index in [0.717, 1.165) is 33.5 Å². The van der Waals surface area contributed by atoms with Gasteiger partial charge in [-0.05, 0) is 38.0 Å². The van der Waals surface area contributed by atoms with Crippen molar-refractivity contribution >= 4 is 22.0 Å². The number of urea groups is 1. The average molecular weight is 441 g/mol. The van der Waals surface area contributed by atoms with Crippen LogP contribution >= 0.6 is 15.9 Å². The minimum atomic E-state index is -0.196. The lowest BCUT2D eigenvalue weighted by atomic mass is 10.1. The molecule has 1 heterocycles. The van der Waals surface area contributed by atoms with Crippen LogP contribution in [0.4, 0.5) is 4.79 Å². The predicted molar refractivity (Wildman–Crippen MR) is 115 cm³/mol. The van der Waals surface area contributed by atoms with Crippen LogP contribution in [0.3, 0.4) is 0 Å². The van der Waals surface area contributed by atoms with Crippen molar-refractivity contribution in [3.05, 3.63) is 87.1 Å². The molecule has 0 aliphatic rings. The highest BCUT2D eigenvalue weighted by molar-refractivity contribution is 9.10. The summed E-state index contributed by atoms with van der Waals surface area (Å²) in [4.78, 5) is 12.4. The summed E-state index contributed by atoms with van der Waals surface area (Å²) in [5.41, 5.74) is 5.31. The summed E-state index contributed by atoms with van der Waals surface area (Å²) >= 11 is 3.53. The molecule has 6 heteroatoms. The summed E-state index contributed by atoms with van der Waals surface area (Å²) in [7, 11) is 0. The van der Waals surface area contributed by atoms with Crippen LogP contribution in [-0.4, -0.2) is 15.8 Å². The van der Waals surface area contributed by atoms with Crippen molar-refractivity contribution < 1.29 is 4.79 Å². The van der Waals surface area contributed by atoms with Crippen molar-refractivity contribution in [2.75, 3.05) is 0 Å². The van der Waals surface area contributed by atoms with Gasteiger partial charge in [-0.2, -0.15) is 5.10 Å². The third kappa shape index (κ3) is 4.81. The number of halogens is 1. The Morgan fingerprint density at radius 2 is 1.79 bits per heavy atom. The second-order valence-corrected chi connectivity index (χ2v) is 7.72. The molecule has 2 amide bonds. The highest BCUT2D eigenvalue weighted by Crippen LogP contribution is 2.22. The molecule has 3 rings (SSSR count). The zero-order valence-electron chi connectivity index (χ0n) is 16.4. The summed E-state index contributed by atoms with van der Waals surface area (Å²) in [6, 6.07) is 17.8. The third-order valence-corrected chi connectivity index (χ3v) is 5.57. The van der Waals surface area contributed by atoms with E-state index in [1.165, 1.54) is 5.56 Å². The first-order chi connectivity index (χ1) is 13.5. The van der Waals surface area contributed by atoms with Crippen molar-refractivity contribution in [2.24, 2.45) is 0 Å². The molecule has 28 heavy (non-hydrogen) atoms. The van der Waals surface area contributed by atoms with E-state index in [2.05, 4.69) is 43.8 Å². The van der Waals surface area contributed by atoms with E-state index < -0.39 is 0 Å². The van der Waals surface area contributed by atoms with Gasteiger partial charge in [0.05, 0.1) is 18.3 Å². The molecule has 2 aromatic carbocycles. The van der Waals surface area contributed by atoms with Crippen molar-refractivity contribution in [2.45, 2.75) is 39.9 Å². The molecule has 0 bridgehead atoms. The van der Waals surface area contributed by atoms with Gasteiger partial charge in [-0.3, -0.25) is 4.68 Å². The first-order valence-electron chi connectivity index (χ1n) is 9.31. The topological polar surface area (TPSA) is 59.0 Å². The molecule has 0 aliphatic carbocycles. The number of aryl methyl sites for hydroxylation is 1. The minimum Gasteiger partial charge on any atom is -0.334 e. The van der Waals surface area contributed by atoms with Gasteiger partial charge in [0.25, 0.3) is 0 Å². The van der Waals surface area contributed by atoms with E-state index >= 15 is 0 Å². The Morgan fingerprint density at radius 3 is 2.50 bits per heavy atom. The van der Waals surface area contributed by atoms with Crippen molar-refractivity contribution in [1.82, 2.24) is 20.4 Å². The maximum absolute atomic E-state index is 12.4. The normalized spacial score (nSPS) is 11.9. The van der Waals surface area contributed by atoms with E-state index in [1.54, 1.807) is 0 Å². The van der Waals surface area contributed by atoms with Gasteiger partial charge >= 0.3 is 6.03 Å². The van der Waals surface area contributed by atoms with Crippen LogP contribution < -0.4 is 10.6 Å². The maximum atomic E-state index is 12.4. The molecule has 0 radical (unpaired) electrons. The fourth-order valence-corrected chi connectivity index (χ4v) is 3.85. The molecule has 1 atom stereocenters. The van der Waals surface area contributed by atoms with Crippen LogP contribution in [0.25, 0.3) is 0 Å². The molecular formula is C22H25BrN4O. The number of nitrogens with one attached hydrogen (secondary N) is 2. The van der Waals surface area contributed by atoms with Gasteiger partial charge in [0.2, 0.25) is 0 Å². The second-order valence-electron chi connectivity index (χ2n) is 6.86. The van der Waals surface area contributed by atoms with Crippen LogP contribution in [0, 0.1) is 13.8 Å². The van der Waals surface area contributed by atoms with Crippen LogP contribution in [0.1, 0.15) is 41.0 Å². The van der Waals surface area contributed by atoms with Gasteiger partial charge in [-0.1, -0.05) is 64.5 Å². The predicted octanol–water partition coefficient (Wildman–Crippen LogP) is 4.87. The smallest absolute Gasteiger partial charge is 0.315 e. The molecule has 5 nitrogen and oxygen atoms in total. The molecule has 0 aliphatic heterocycles. The number of nitrogens with zero attached hydrogens (tertiary/aromatic N) is 2. The summed E-state index contributed by atoms with van der Waals surface area (Å²) in [6.45, 7) is 7.16. The van der Waals surface area contributed by atoms with E-state index in [4.69, 9.17) is 0 Å². The van der Waals surface area contributed by atoms with Crippen LogP contribution in [0.2, 0.25) is 0 Å². The van der Waals surface area contributed by atoms with Gasteiger partial charge in [0, 0.05) is 22.3 Å². The Hall–Kier alpha value is -2.60. The van der Waals surface area contributed by atoms with Crippen molar-refractivity contribution in [3.8, 4) is 0 Å². The monoisotopic (exact) mass is 440 g/mol. The Bertz CT molecular complexity index is 952. The molecule has 0 fully saturated rings. The van der Waals surface area contributed by atoms with Crippen LogP contribution in [0.15, 0.2) is 59.1 Å². The fraction of sp³-hybridized carbons (Fsp3) is 0.273. The molecule has 0 saturated carbocycles. The summed E-state index contributed by atoms with van der Waals surface area (Å²) in [5, 5.41) is 10.6. The lowest BCUT2D eigenvalue weighted by molar-refractivity contribution is 0.237. The Kier molecular flexibility index (Phi) is 6.52. The Labute approximate surface area is 174 Å². The lowest BCUT2D eigenvalue weighted by Gasteiger charge is -2.16. The summed E-state index contributed by atoms with van der Waals surface area (Å²) in [5.74, 6) is 0. The number of rotatable bonds is 6. The number of benzene rings is 2. The highest BCUT2D eigenvalue weighted by atomic mass is 79.9. The van der Waals surface area contributed by atoms with Crippen molar-refractivity contribution in [3.63, 3.8) is 0 Å². The molecule has 1 aromatic heterocycles. The van der Waals surface area contributed by atoms with E-state index in [1.807, 2.05) is 67.9 Å². The first kappa shape index (κ1) is 20.1. The average Bonchev–Trinajstić information content (AvgIpc) is 2.94. The Balaban J connectivity index is 1.61. The van der Waals surface area contributed by atoms with Gasteiger partial charge in [0.15, 0.2) is 0 Å². The zero-order valence-corrected chi connectivity index (χ0v) is 18.0.